The van der Waals surface area contributed by atoms with E-state index in [9.17, 15) is 4.79 Å². The molecule has 250 valence electrons. The van der Waals surface area contributed by atoms with E-state index >= 15 is 0 Å². The highest BCUT2D eigenvalue weighted by Crippen LogP contribution is 2.70. The van der Waals surface area contributed by atoms with Crippen molar-refractivity contribution in [1.29, 1.82) is 0 Å². The number of hydrogen-bond donors (Lipinski definition) is 2. The molecule has 7 heteroatoms. The molecule has 0 bridgehead atoms. The molecule has 0 unspecified atom stereocenters. The van der Waals surface area contributed by atoms with Crippen LogP contribution in [0.5, 0.6) is 0 Å². The van der Waals surface area contributed by atoms with Crippen molar-refractivity contribution in [1.82, 2.24) is 14.9 Å². The summed E-state index contributed by atoms with van der Waals surface area (Å²) in [5, 5.41) is 0. The van der Waals surface area contributed by atoms with Gasteiger partial charge in [0, 0.05) is 43.6 Å². The molecule has 1 amide bonds. The Morgan fingerprint density at radius 1 is 1.11 bits per heavy atom. The summed E-state index contributed by atoms with van der Waals surface area (Å²) >= 11 is 0. The van der Waals surface area contributed by atoms with Crippen LogP contribution in [-0.4, -0.2) is 58.4 Å². The number of rotatable bonds is 13. The number of H-pyrrole nitrogens is 1. The van der Waals surface area contributed by atoms with Crippen molar-refractivity contribution in [3.05, 3.63) is 18.2 Å². The number of fused-ring (bicyclic) bond motifs is 5. The van der Waals surface area contributed by atoms with Crippen molar-refractivity contribution in [3.8, 4) is 0 Å². The lowest BCUT2D eigenvalue weighted by Crippen LogP contribution is -2.73. The molecule has 4 aliphatic carbocycles. The molecule has 4 aliphatic rings. The maximum Gasteiger partial charge on any atom is 0.404 e. The van der Waals surface area contributed by atoms with Crippen LogP contribution < -0.4 is 5.73 Å². The zero-order valence-electron chi connectivity index (χ0n) is 29.1. The van der Waals surface area contributed by atoms with E-state index in [1.54, 1.807) is 6.33 Å². The Hall–Kier alpha value is -1.60. The van der Waals surface area contributed by atoms with E-state index in [1.807, 2.05) is 6.20 Å². The zero-order valence-corrected chi connectivity index (χ0v) is 29.1. The summed E-state index contributed by atoms with van der Waals surface area (Å²) in [6.07, 6.45) is 17.2. The standard InChI is InChI=1S/C37H64N4O3/c1-8-41(20-17-27-23-39-24-40-27)33-21-29-31-14-13-30(26(5)12-10-11-25(3)4)35(31,6)18-16-32(29)36(7)19-15-28(44-34(38)42)22-37(33,36)43-9-2/h23-26,28-33H,8-22H2,1-7H3,(H2,38,42)(H,39,40)/t26-,28+,29+,30-,31+,32+,33-,35-,36-,37+/m1/s1. The lowest BCUT2D eigenvalue weighted by atomic mass is 9.41. The Bertz CT molecular complexity index is 1080. The maximum absolute atomic E-state index is 12.0. The van der Waals surface area contributed by atoms with Gasteiger partial charge in [-0.25, -0.2) is 9.78 Å². The first kappa shape index (κ1) is 33.8. The van der Waals surface area contributed by atoms with E-state index in [-0.39, 0.29) is 23.2 Å². The highest BCUT2D eigenvalue weighted by Gasteiger charge is 2.69. The molecule has 0 aliphatic heterocycles. The molecule has 3 N–H and O–H groups in total. The number of aromatic nitrogens is 2. The Morgan fingerprint density at radius 2 is 1.91 bits per heavy atom. The van der Waals surface area contributed by atoms with Crippen LogP contribution >= 0.6 is 0 Å². The summed E-state index contributed by atoms with van der Waals surface area (Å²) < 4.78 is 12.9. The van der Waals surface area contributed by atoms with Crippen molar-refractivity contribution in [3.63, 3.8) is 0 Å². The molecule has 0 aromatic carbocycles. The fourth-order valence-electron chi connectivity index (χ4n) is 11.7. The smallest absolute Gasteiger partial charge is 0.404 e. The third-order valence-corrected chi connectivity index (χ3v) is 13.7. The van der Waals surface area contributed by atoms with Crippen LogP contribution in [0.4, 0.5) is 4.79 Å². The summed E-state index contributed by atoms with van der Waals surface area (Å²) in [7, 11) is 0. The summed E-state index contributed by atoms with van der Waals surface area (Å²) in [6, 6.07) is 0.266. The van der Waals surface area contributed by atoms with Crippen LogP contribution in [0.15, 0.2) is 12.5 Å². The van der Waals surface area contributed by atoms with Crippen LogP contribution in [0.25, 0.3) is 0 Å². The molecule has 7 nitrogen and oxygen atoms in total. The minimum absolute atomic E-state index is 0.0240. The van der Waals surface area contributed by atoms with Gasteiger partial charge in [0.1, 0.15) is 6.10 Å². The first-order valence-electron chi connectivity index (χ1n) is 18.3. The van der Waals surface area contributed by atoms with Gasteiger partial charge in [-0.2, -0.15) is 0 Å². The highest BCUT2D eigenvalue weighted by atomic mass is 16.6. The minimum Gasteiger partial charge on any atom is -0.446 e. The van der Waals surface area contributed by atoms with Crippen molar-refractivity contribution < 1.29 is 14.3 Å². The Labute approximate surface area is 268 Å². The fourth-order valence-corrected chi connectivity index (χ4v) is 11.7. The molecule has 10 atom stereocenters. The van der Waals surface area contributed by atoms with Gasteiger partial charge in [-0.05, 0) is 99.3 Å². The minimum atomic E-state index is -0.658. The van der Waals surface area contributed by atoms with Gasteiger partial charge >= 0.3 is 6.09 Å². The highest BCUT2D eigenvalue weighted by molar-refractivity contribution is 5.64. The monoisotopic (exact) mass is 612 g/mol. The zero-order chi connectivity index (χ0) is 31.7. The van der Waals surface area contributed by atoms with E-state index in [2.05, 4.69) is 63.3 Å². The lowest BCUT2D eigenvalue weighted by Gasteiger charge is -2.69. The average Bonchev–Trinajstić information content (AvgIpc) is 3.61. The van der Waals surface area contributed by atoms with E-state index < -0.39 is 6.09 Å². The van der Waals surface area contributed by atoms with Crippen LogP contribution in [0.3, 0.4) is 0 Å². The number of nitrogens with one attached hydrogen (secondary N) is 1. The molecule has 0 spiro atoms. The first-order chi connectivity index (χ1) is 21.0. The van der Waals surface area contributed by atoms with E-state index in [4.69, 9.17) is 15.2 Å². The summed E-state index contributed by atoms with van der Waals surface area (Å²) in [6.45, 7) is 19.6. The number of likely N-dealkylation sites (N-methyl/N-ethyl adjacent to an activating group) is 1. The molecule has 1 aromatic rings. The number of nitrogens with two attached hydrogens (primary N) is 1. The normalized spacial score (nSPS) is 39.1. The summed E-state index contributed by atoms with van der Waals surface area (Å²) in [4.78, 5) is 22.4. The molecule has 5 rings (SSSR count). The molecule has 44 heavy (non-hydrogen) atoms. The number of imidazole rings is 1. The van der Waals surface area contributed by atoms with Gasteiger partial charge in [0.25, 0.3) is 0 Å². The third kappa shape index (κ3) is 6.10. The molecule has 4 fully saturated rings. The number of amides is 1. The van der Waals surface area contributed by atoms with E-state index in [0.717, 1.165) is 68.1 Å². The molecular weight excluding hydrogens is 548 g/mol. The topological polar surface area (TPSA) is 93.5 Å². The Morgan fingerprint density at radius 3 is 2.57 bits per heavy atom. The van der Waals surface area contributed by atoms with Gasteiger partial charge in [-0.3, -0.25) is 4.90 Å². The summed E-state index contributed by atoms with van der Waals surface area (Å²) in [5.74, 6) is 4.57. The predicted octanol–water partition coefficient (Wildman–Crippen LogP) is 8.00. The molecule has 0 radical (unpaired) electrons. The number of ether oxygens (including phenoxy) is 2. The van der Waals surface area contributed by atoms with Crippen molar-refractivity contribution >= 4 is 6.09 Å². The molecule has 1 heterocycles. The second-order valence-corrected chi connectivity index (χ2v) is 16.1. The van der Waals surface area contributed by atoms with Crippen molar-refractivity contribution in [2.75, 3.05) is 19.7 Å². The third-order valence-electron chi connectivity index (χ3n) is 13.7. The summed E-state index contributed by atoms with van der Waals surface area (Å²) in [5.41, 5.74) is 6.80. The van der Waals surface area contributed by atoms with Gasteiger partial charge in [-0.1, -0.05) is 60.8 Å². The maximum atomic E-state index is 12.0. The predicted molar refractivity (Wildman–Crippen MR) is 177 cm³/mol. The lowest BCUT2D eigenvalue weighted by molar-refractivity contribution is -0.270. The quantitative estimate of drug-likeness (QED) is 0.235. The number of carbonyl (C=O) groups excluding carboxylic acids is 1. The van der Waals surface area contributed by atoms with Gasteiger partial charge in [0.05, 0.1) is 17.6 Å². The Balaban J connectivity index is 1.48. The number of aromatic amines is 1. The second kappa shape index (κ2) is 13.6. The second-order valence-electron chi connectivity index (χ2n) is 16.1. The first-order valence-corrected chi connectivity index (χ1v) is 18.3. The number of hydrogen-bond acceptors (Lipinski definition) is 5. The van der Waals surface area contributed by atoms with E-state index in [0.29, 0.717) is 23.9 Å². The van der Waals surface area contributed by atoms with Crippen LogP contribution in [0.2, 0.25) is 0 Å². The van der Waals surface area contributed by atoms with E-state index in [1.165, 1.54) is 51.4 Å². The number of primary amides is 1. The number of nitrogens with zero attached hydrogens (tertiary/aromatic N) is 2. The average molecular weight is 613 g/mol. The number of carbonyl (C=O) groups is 1. The van der Waals surface area contributed by atoms with Crippen LogP contribution in [0.1, 0.15) is 125 Å². The molecule has 0 saturated heterocycles. The van der Waals surface area contributed by atoms with Gasteiger partial charge in [0.2, 0.25) is 0 Å². The van der Waals surface area contributed by atoms with Crippen molar-refractivity contribution in [2.24, 2.45) is 52.1 Å². The largest absolute Gasteiger partial charge is 0.446 e. The molecule has 1 aromatic heterocycles. The fraction of sp³-hybridized carbons (Fsp3) is 0.892. The van der Waals surface area contributed by atoms with Gasteiger partial charge in [0.15, 0.2) is 0 Å². The van der Waals surface area contributed by atoms with Gasteiger partial charge < -0.3 is 20.2 Å². The molecular formula is C37H64N4O3. The SMILES string of the molecule is CCO[C@]12C[C@@H](OC(N)=O)CC[C@]1(C)[C@H]1CC[C@]3(C)[C@@H]([C@H](C)CCCC(C)C)CC[C@H]3[C@@H]1C[C@H]2N(CC)CCc1c[nH]cn1. The van der Waals surface area contributed by atoms with Gasteiger partial charge in [-0.15, -0.1) is 0 Å². The Kier molecular flexibility index (Phi) is 10.5. The van der Waals surface area contributed by atoms with Crippen LogP contribution in [-0.2, 0) is 15.9 Å². The van der Waals surface area contributed by atoms with Crippen LogP contribution in [0, 0.1) is 46.3 Å². The van der Waals surface area contributed by atoms with Crippen molar-refractivity contribution in [2.45, 2.75) is 143 Å². The molecule has 4 saturated carbocycles.